The first-order valence-electron chi connectivity index (χ1n) is 7.88. The molecule has 0 bridgehead atoms. The fourth-order valence-corrected chi connectivity index (χ4v) is 4.54. The van der Waals surface area contributed by atoms with Crippen molar-refractivity contribution >= 4 is 23.7 Å². The molecule has 0 saturated carbocycles. The Hall–Kier alpha value is -2.77. The van der Waals surface area contributed by atoms with E-state index < -0.39 is 7.37 Å². The number of hydrogen-bond acceptors (Lipinski definition) is 3. The Morgan fingerprint density at radius 1 is 0.800 bits per heavy atom. The van der Waals surface area contributed by atoms with E-state index in [1.165, 1.54) is 0 Å². The molecule has 0 atom stereocenters. The minimum Gasteiger partial charge on any atom is -0.497 e. The van der Waals surface area contributed by atoms with Crippen molar-refractivity contribution in [2.75, 3.05) is 7.11 Å². The highest BCUT2D eigenvalue weighted by molar-refractivity contribution is 7.74. The molecule has 0 aromatic heterocycles. The molecule has 0 aliphatic heterocycles. The summed E-state index contributed by atoms with van der Waals surface area (Å²) in [6.07, 6.45) is 0. The number of hydrogen-bond donors (Lipinski definition) is 0. The average Bonchev–Trinajstić information content (AvgIpc) is 2.69. The predicted molar refractivity (Wildman–Crippen MR) is 103 cm³/mol. The van der Waals surface area contributed by atoms with Crippen LogP contribution in [0.3, 0.4) is 0 Å². The highest BCUT2D eigenvalue weighted by Gasteiger charge is 2.30. The van der Waals surface area contributed by atoms with Crippen LogP contribution in [-0.2, 0) is 9.09 Å². The molecule has 0 aliphatic carbocycles. The minimum absolute atomic E-state index is 0.360. The normalized spacial score (nSPS) is 10.9. The first-order chi connectivity index (χ1) is 12.1. The standard InChI is InChI=1S/C21H19O3P/c1-17(18-13-15-19(23-2)16-14-18)24-25(22,20-9-5-3-6-10-20)21-11-7-4-8-12-21/h3-16H,1H2,2H3. The van der Waals surface area contributed by atoms with Gasteiger partial charge in [0.15, 0.2) is 0 Å². The van der Waals surface area contributed by atoms with Crippen molar-refractivity contribution in [3.63, 3.8) is 0 Å². The maximum atomic E-state index is 13.8. The molecule has 0 spiro atoms. The highest BCUT2D eigenvalue weighted by Crippen LogP contribution is 2.48. The molecular weight excluding hydrogens is 331 g/mol. The summed E-state index contributed by atoms with van der Waals surface area (Å²) in [6.45, 7) is 3.98. The van der Waals surface area contributed by atoms with E-state index in [0.717, 1.165) is 11.3 Å². The zero-order valence-corrected chi connectivity index (χ0v) is 14.9. The molecule has 0 heterocycles. The van der Waals surface area contributed by atoms with Gasteiger partial charge in [-0.15, -0.1) is 0 Å². The largest absolute Gasteiger partial charge is 0.497 e. The van der Waals surface area contributed by atoms with Gasteiger partial charge in [0.2, 0.25) is 0 Å². The van der Waals surface area contributed by atoms with Crippen LogP contribution >= 0.6 is 7.37 Å². The highest BCUT2D eigenvalue weighted by atomic mass is 31.2. The maximum Gasteiger partial charge on any atom is 0.306 e. The summed E-state index contributed by atoms with van der Waals surface area (Å²) in [6, 6.07) is 25.7. The SMILES string of the molecule is C=C(OP(=O)(c1ccccc1)c1ccccc1)c1ccc(OC)cc1. The Morgan fingerprint density at radius 3 is 1.72 bits per heavy atom. The van der Waals surface area contributed by atoms with Gasteiger partial charge in [0.25, 0.3) is 0 Å². The van der Waals surface area contributed by atoms with E-state index >= 15 is 0 Å². The van der Waals surface area contributed by atoms with E-state index in [1.807, 2.05) is 84.9 Å². The summed E-state index contributed by atoms with van der Waals surface area (Å²) < 4.78 is 25.0. The first-order valence-corrected chi connectivity index (χ1v) is 9.50. The van der Waals surface area contributed by atoms with Crippen molar-refractivity contribution in [1.82, 2.24) is 0 Å². The molecule has 0 N–H and O–H groups in total. The van der Waals surface area contributed by atoms with Crippen molar-refractivity contribution in [3.05, 3.63) is 97.1 Å². The summed E-state index contributed by atoms with van der Waals surface area (Å²) in [7, 11) is -1.68. The second kappa shape index (κ2) is 7.42. The number of ether oxygens (including phenoxy) is 1. The number of rotatable bonds is 6. The van der Waals surface area contributed by atoms with Gasteiger partial charge in [0, 0.05) is 5.56 Å². The Balaban J connectivity index is 1.98. The van der Waals surface area contributed by atoms with E-state index in [1.54, 1.807) is 7.11 Å². The molecule has 0 saturated heterocycles. The zero-order valence-electron chi connectivity index (χ0n) is 14.0. The number of methoxy groups -OCH3 is 1. The third-order valence-corrected chi connectivity index (χ3v) is 6.28. The molecule has 3 rings (SSSR count). The van der Waals surface area contributed by atoms with E-state index in [4.69, 9.17) is 9.26 Å². The van der Waals surface area contributed by atoms with Gasteiger partial charge in [-0.05, 0) is 48.5 Å². The third-order valence-electron chi connectivity index (χ3n) is 3.84. The van der Waals surface area contributed by atoms with Crippen LogP contribution in [0, 0.1) is 0 Å². The second-order valence-corrected chi connectivity index (χ2v) is 7.78. The molecule has 3 aromatic rings. The average molecular weight is 350 g/mol. The lowest BCUT2D eigenvalue weighted by molar-refractivity contribution is 0.414. The molecule has 4 heteroatoms. The summed E-state index contributed by atoms with van der Waals surface area (Å²) in [4.78, 5) is 0. The lowest BCUT2D eigenvalue weighted by Crippen LogP contribution is -2.17. The van der Waals surface area contributed by atoms with Crippen molar-refractivity contribution in [2.45, 2.75) is 0 Å². The summed E-state index contributed by atoms with van der Waals surface area (Å²) in [5.41, 5.74) is 0.757. The Morgan fingerprint density at radius 2 is 1.28 bits per heavy atom. The first kappa shape index (κ1) is 17.1. The molecule has 25 heavy (non-hydrogen) atoms. The predicted octanol–water partition coefficient (Wildman–Crippen LogP) is 4.61. The van der Waals surface area contributed by atoms with Crippen molar-refractivity contribution < 1.29 is 13.8 Å². The van der Waals surface area contributed by atoms with Crippen LogP contribution in [0.15, 0.2) is 91.5 Å². The Bertz CT molecular complexity index is 844. The molecule has 3 nitrogen and oxygen atoms in total. The van der Waals surface area contributed by atoms with Gasteiger partial charge >= 0.3 is 7.37 Å². The molecule has 0 unspecified atom stereocenters. The van der Waals surface area contributed by atoms with E-state index in [9.17, 15) is 4.57 Å². The Labute approximate surface area is 148 Å². The molecule has 0 amide bonds. The smallest absolute Gasteiger partial charge is 0.306 e. The fourth-order valence-electron chi connectivity index (χ4n) is 2.49. The molecule has 0 fully saturated rings. The maximum absolute atomic E-state index is 13.8. The van der Waals surface area contributed by atoms with Crippen LogP contribution < -0.4 is 15.3 Å². The number of benzene rings is 3. The lowest BCUT2D eigenvalue weighted by Gasteiger charge is -2.21. The van der Waals surface area contributed by atoms with Gasteiger partial charge in [-0.2, -0.15) is 0 Å². The molecule has 0 aliphatic rings. The summed E-state index contributed by atoms with van der Waals surface area (Å²) >= 11 is 0. The van der Waals surface area contributed by atoms with Crippen molar-refractivity contribution in [2.24, 2.45) is 0 Å². The monoisotopic (exact) mass is 350 g/mol. The molecule has 3 aromatic carbocycles. The van der Waals surface area contributed by atoms with Gasteiger partial charge in [0.05, 0.1) is 17.7 Å². The van der Waals surface area contributed by atoms with Gasteiger partial charge in [-0.3, -0.25) is 4.57 Å². The molecule has 126 valence electrons. The second-order valence-electron chi connectivity index (χ2n) is 5.47. The van der Waals surface area contributed by atoms with Crippen LogP contribution in [-0.4, -0.2) is 7.11 Å². The molecule has 0 radical (unpaired) electrons. The summed E-state index contributed by atoms with van der Waals surface area (Å²) in [5.74, 6) is 1.10. The Kier molecular flexibility index (Phi) is 5.06. The van der Waals surface area contributed by atoms with E-state index in [0.29, 0.717) is 16.4 Å². The van der Waals surface area contributed by atoms with Gasteiger partial charge in [0.1, 0.15) is 11.5 Å². The lowest BCUT2D eigenvalue weighted by atomic mass is 10.2. The minimum atomic E-state index is -3.30. The van der Waals surface area contributed by atoms with Crippen LogP contribution in [0.5, 0.6) is 5.75 Å². The third kappa shape index (κ3) is 3.67. The quantitative estimate of drug-likeness (QED) is 0.481. The van der Waals surface area contributed by atoms with Crippen LogP contribution in [0.1, 0.15) is 5.56 Å². The van der Waals surface area contributed by atoms with Gasteiger partial charge in [-0.1, -0.05) is 43.0 Å². The van der Waals surface area contributed by atoms with Crippen LogP contribution in [0.2, 0.25) is 0 Å². The van der Waals surface area contributed by atoms with E-state index in [-0.39, 0.29) is 0 Å². The van der Waals surface area contributed by atoms with E-state index in [2.05, 4.69) is 6.58 Å². The van der Waals surface area contributed by atoms with Gasteiger partial charge < -0.3 is 9.26 Å². The van der Waals surface area contributed by atoms with Crippen molar-refractivity contribution in [1.29, 1.82) is 0 Å². The summed E-state index contributed by atoms with van der Waals surface area (Å²) in [5, 5.41) is 1.27. The topological polar surface area (TPSA) is 35.5 Å². The zero-order chi connectivity index (χ0) is 17.7. The molecular formula is C21H19O3P. The van der Waals surface area contributed by atoms with Gasteiger partial charge in [-0.25, -0.2) is 0 Å². The van der Waals surface area contributed by atoms with Crippen LogP contribution in [0.4, 0.5) is 0 Å². The fraction of sp³-hybridized carbons (Fsp3) is 0.0476. The van der Waals surface area contributed by atoms with Crippen LogP contribution in [0.25, 0.3) is 5.76 Å². The van der Waals surface area contributed by atoms with Crippen molar-refractivity contribution in [3.8, 4) is 5.75 Å².